The summed E-state index contributed by atoms with van der Waals surface area (Å²) < 4.78 is 10.4. The number of hydrogen-bond donors (Lipinski definition) is 2. The quantitative estimate of drug-likeness (QED) is 0.840. The van der Waals surface area contributed by atoms with E-state index < -0.39 is 6.09 Å². The lowest BCUT2D eigenvalue weighted by Crippen LogP contribution is -2.53. The van der Waals surface area contributed by atoms with Gasteiger partial charge in [0.25, 0.3) is 0 Å². The number of nitrogens with one attached hydrogen (secondary N) is 1. The van der Waals surface area contributed by atoms with Crippen LogP contribution in [0.3, 0.4) is 0 Å². The number of alkyl carbamates (subject to hydrolysis) is 1. The van der Waals surface area contributed by atoms with Gasteiger partial charge in [-0.25, -0.2) is 4.79 Å². The van der Waals surface area contributed by atoms with Crippen molar-refractivity contribution in [3.8, 4) is 0 Å². The molecule has 1 amide bonds. The van der Waals surface area contributed by atoms with Gasteiger partial charge in [-0.15, -0.1) is 0 Å². The Bertz CT molecular complexity index is 383. The van der Waals surface area contributed by atoms with Gasteiger partial charge >= 0.3 is 6.09 Å². The van der Waals surface area contributed by atoms with E-state index in [2.05, 4.69) is 5.32 Å². The molecule has 0 radical (unpaired) electrons. The lowest BCUT2D eigenvalue weighted by molar-refractivity contribution is 0.0537. The van der Waals surface area contributed by atoms with Crippen molar-refractivity contribution in [2.75, 3.05) is 13.2 Å². The molecule has 2 rings (SSSR count). The predicted molar refractivity (Wildman–Crippen MR) is 67.0 cm³/mol. The van der Waals surface area contributed by atoms with Crippen LogP contribution >= 0.6 is 0 Å². The molecule has 1 aliphatic rings. The molecule has 1 saturated heterocycles. The highest BCUT2D eigenvalue weighted by Gasteiger charge is 2.24. The van der Waals surface area contributed by atoms with Crippen LogP contribution in [-0.2, 0) is 16.1 Å². The van der Waals surface area contributed by atoms with Crippen molar-refractivity contribution in [1.29, 1.82) is 0 Å². The van der Waals surface area contributed by atoms with Gasteiger partial charge in [0.2, 0.25) is 0 Å². The van der Waals surface area contributed by atoms with Crippen LogP contribution < -0.4 is 11.1 Å². The number of carbonyl (C=O) groups is 1. The molecule has 3 N–H and O–H groups in total. The zero-order valence-corrected chi connectivity index (χ0v) is 10.2. The molecule has 2 atom stereocenters. The van der Waals surface area contributed by atoms with Gasteiger partial charge < -0.3 is 20.5 Å². The standard InChI is InChI=1S/C13H18N2O3/c14-11-6-7-17-9-12(11)15-13(16)18-8-10-4-2-1-3-5-10/h1-5,11-12H,6-9,14H2,(H,15,16)/t11-,12?/m1/s1. The molecule has 5 nitrogen and oxygen atoms in total. The SMILES string of the molecule is N[C@@H]1CCOCC1NC(=O)OCc1ccccc1. The third kappa shape index (κ3) is 3.72. The second kappa shape index (κ2) is 6.37. The van der Waals surface area contributed by atoms with Crippen LogP contribution in [0.4, 0.5) is 4.79 Å². The van der Waals surface area contributed by atoms with E-state index in [0.29, 0.717) is 13.2 Å². The first-order valence-corrected chi connectivity index (χ1v) is 6.06. The summed E-state index contributed by atoms with van der Waals surface area (Å²) in [5.74, 6) is 0. The summed E-state index contributed by atoms with van der Waals surface area (Å²) in [4.78, 5) is 11.6. The minimum Gasteiger partial charge on any atom is -0.445 e. The molecule has 0 saturated carbocycles. The van der Waals surface area contributed by atoms with E-state index in [9.17, 15) is 4.79 Å². The Labute approximate surface area is 106 Å². The fourth-order valence-electron chi connectivity index (χ4n) is 1.82. The molecule has 5 heteroatoms. The first kappa shape index (κ1) is 12.9. The number of ether oxygens (including phenoxy) is 2. The van der Waals surface area contributed by atoms with Gasteiger partial charge in [0.15, 0.2) is 0 Å². The lowest BCUT2D eigenvalue weighted by Gasteiger charge is -2.28. The van der Waals surface area contributed by atoms with Gasteiger partial charge in [0, 0.05) is 12.6 Å². The Morgan fingerprint density at radius 1 is 1.44 bits per heavy atom. The zero-order chi connectivity index (χ0) is 12.8. The molecule has 1 heterocycles. The summed E-state index contributed by atoms with van der Waals surface area (Å²) >= 11 is 0. The molecule has 1 aromatic carbocycles. The van der Waals surface area contributed by atoms with Gasteiger partial charge in [-0.05, 0) is 12.0 Å². The first-order chi connectivity index (χ1) is 8.75. The maximum Gasteiger partial charge on any atom is 0.407 e. The van der Waals surface area contributed by atoms with Crippen LogP contribution in [0.15, 0.2) is 30.3 Å². The minimum atomic E-state index is -0.454. The van der Waals surface area contributed by atoms with E-state index in [4.69, 9.17) is 15.2 Å². The van der Waals surface area contributed by atoms with Gasteiger partial charge in [-0.1, -0.05) is 30.3 Å². The number of rotatable bonds is 3. The van der Waals surface area contributed by atoms with Gasteiger partial charge in [-0.3, -0.25) is 0 Å². The number of nitrogens with two attached hydrogens (primary N) is 1. The van der Waals surface area contributed by atoms with E-state index >= 15 is 0 Å². The molecule has 1 aliphatic heterocycles. The maximum absolute atomic E-state index is 11.6. The number of amides is 1. The molecule has 1 unspecified atom stereocenters. The molecule has 1 fully saturated rings. The van der Waals surface area contributed by atoms with E-state index in [1.54, 1.807) is 0 Å². The Morgan fingerprint density at radius 2 is 2.22 bits per heavy atom. The maximum atomic E-state index is 11.6. The van der Waals surface area contributed by atoms with Gasteiger partial charge in [0.1, 0.15) is 6.61 Å². The predicted octanol–water partition coefficient (Wildman–Crippen LogP) is 1.03. The van der Waals surface area contributed by atoms with E-state index in [1.807, 2.05) is 30.3 Å². The van der Waals surface area contributed by atoms with E-state index in [1.165, 1.54) is 0 Å². The van der Waals surface area contributed by atoms with Crippen molar-refractivity contribution in [2.24, 2.45) is 5.73 Å². The van der Waals surface area contributed by atoms with Crippen molar-refractivity contribution in [1.82, 2.24) is 5.32 Å². The van der Waals surface area contributed by atoms with Crippen molar-refractivity contribution in [2.45, 2.75) is 25.1 Å². The van der Waals surface area contributed by atoms with Crippen LogP contribution in [0.5, 0.6) is 0 Å². The number of carbonyl (C=O) groups excluding carboxylic acids is 1. The average Bonchev–Trinajstić information content (AvgIpc) is 2.40. The summed E-state index contributed by atoms with van der Waals surface area (Å²) in [6.07, 6.45) is 0.300. The van der Waals surface area contributed by atoms with Crippen molar-refractivity contribution >= 4 is 6.09 Å². The Hall–Kier alpha value is -1.59. The Kier molecular flexibility index (Phi) is 4.55. The van der Waals surface area contributed by atoms with Crippen LogP contribution in [0, 0.1) is 0 Å². The zero-order valence-electron chi connectivity index (χ0n) is 10.2. The lowest BCUT2D eigenvalue weighted by atomic mass is 10.1. The Morgan fingerprint density at radius 3 is 2.94 bits per heavy atom. The second-order valence-electron chi connectivity index (χ2n) is 4.34. The summed E-state index contributed by atoms with van der Waals surface area (Å²) in [6.45, 7) is 1.36. The Balaban J connectivity index is 1.75. The summed E-state index contributed by atoms with van der Waals surface area (Å²) in [5.41, 5.74) is 6.84. The summed E-state index contributed by atoms with van der Waals surface area (Å²) in [5, 5.41) is 2.73. The molecule has 0 aromatic heterocycles. The average molecular weight is 250 g/mol. The molecule has 98 valence electrons. The van der Waals surface area contributed by atoms with Crippen LogP contribution in [0.2, 0.25) is 0 Å². The molecule has 1 aromatic rings. The van der Waals surface area contributed by atoms with Crippen molar-refractivity contribution in [3.05, 3.63) is 35.9 Å². The fraction of sp³-hybridized carbons (Fsp3) is 0.462. The first-order valence-electron chi connectivity index (χ1n) is 6.06. The highest BCUT2D eigenvalue weighted by atomic mass is 16.5. The molecular weight excluding hydrogens is 232 g/mol. The fourth-order valence-corrected chi connectivity index (χ4v) is 1.82. The third-order valence-electron chi connectivity index (χ3n) is 2.93. The normalized spacial score (nSPS) is 23.4. The van der Waals surface area contributed by atoms with Crippen LogP contribution in [0.1, 0.15) is 12.0 Å². The topological polar surface area (TPSA) is 73.6 Å². The molecule has 0 bridgehead atoms. The minimum absolute atomic E-state index is 0.0666. The van der Waals surface area contributed by atoms with Crippen LogP contribution in [0.25, 0.3) is 0 Å². The molecular formula is C13H18N2O3. The number of benzene rings is 1. The largest absolute Gasteiger partial charge is 0.445 e. The smallest absolute Gasteiger partial charge is 0.407 e. The van der Waals surface area contributed by atoms with Crippen LogP contribution in [-0.4, -0.2) is 31.4 Å². The monoisotopic (exact) mass is 250 g/mol. The van der Waals surface area contributed by atoms with E-state index in [0.717, 1.165) is 12.0 Å². The van der Waals surface area contributed by atoms with Crippen molar-refractivity contribution in [3.63, 3.8) is 0 Å². The van der Waals surface area contributed by atoms with E-state index in [-0.39, 0.29) is 18.7 Å². The number of hydrogen-bond acceptors (Lipinski definition) is 4. The highest BCUT2D eigenvalue weighted by Crippen LogP contribution is 2.06. The summed E-state index contributed by atoms with van der Waals surface area (Å²) in [6, 6.07) is 9.31. The molecule has 0 spiro atoms. The third-order valence-corrected chi connectivity index (χ3v) is 2.93. The summed E-state index contributed by atoms with van der Waals surface area (Å²) in [7, 11) is 0. The molecule has 18 heavy (non-hydrogen) atoms. The second-order valence-corrected chi connectivity index (χ2v) is 4.34. The molecule has 0 aliphatic carbocycles. The highest BCUT2D eigenvalue weighted by molar-refractivity contribution is 5.67. The van der Waals surface area contributed by atoms with Gasteiger partial charge in [0.05, 0.1) is 12.6 Å². The van der Waals surface area contributed by atoms with Gasteiger partial charge in [-0.2, -0.15) is 0 Å². The van der Waals surface area contributed by atoms with Crippen molar-refractivity contribution < 1.29 is 14.3 Å².